The van der Waals surface area contributed by atoms with Crippen LogP contribution in [0.2, 0.25) is 0 Å². The van der Waals surface area contributed by atoms with E-state index in [0.717, 1.165) is 30.9 Å². The van der Waals surface area contributed by atoms with Gasteiger partial charge in [-0.3, -0.25) is 0 Å². The summed E-state index contributed by atoms with van der Waals surface area (Å²) in [5.41, 5.74) is 6.69. The molecule has 0 radical (unpaired) electrons. The topological polar surface area (TPSA) is 58.7 Å². The molecule has 102 valence electrons. The molecule has 1 rings (SSSR count). The van der Waals surface area contributed by atoms with Crippen molar-refractivity contribution >= 4 is 5.69 Å². The predicted molar refractivity (Wildman–Crippen MR) is 75.1 cm³/mol. The molecule has 1 unspecified atom stereocenters. The summed E-state index contributed by atoms with van der Waals surface area (Å²) in [5.74, 6) is 1.09. The van der Waals surface area contributed by atoms with E-state index in [4.69, 9.17) is 10.5 Å². The minimum absolute atomic E-state index is 0.198. The SMILES string of the molecule is COc1cccc(N(CCCN)CC(C)CO)c1. The zero-order valence-electron chi connectivity index (χ0n) is 11.3. The van der Waals surface area contributed by atoms with Gasteiger partial charge in [-0.25, -0.2) is 0 Å². The van der Waals surface area contributed by atoms with Gasteiger partial charge in [0.1, 0.15) is 5.75 Å². The molecular formula is C14H24N2O2. The third kappa shape index (κ3) is 4.55. The van der Waals surface area contributed by atoms with Crippen LogP contribution in [-0.2, 0) is 0 Å². The first-order chi connectivity index (χ1) is 8.71. The lowest BCUT2D eigenvalue weighted by atomic mass is 10.1. The Morgan fingerprint density at radius 1 is 1.44 bits per heavy atom. The van der Waals surface area contributed by atoms with Crippen molar-refractivity contribution in [1.29, 1.82) is 0 Å². The molecule has 18 heavy (non-hydrogen) atoms. The Balaban J connectivity index is 2.78. The maximum atomic E-state index is 9.18. The van der Waals surface area contributed by atoms with Crippen LogP contribution in [0.5, 0.6) is 5.75 Å². The van der Waals surface area contributed by atoms with Crippen molar-refractivity contribution in [3.63, 3.8) is 0 Å². The average Bonchev–Trinajstić information content (AvgIpc) is 2.43. The van der Waals surface area contributed by atoms with Crippen molar-refractivity contribution in [2.75, 3.05) is 38.3 Å². The number of anilines is 1. The Bertz CT molecular complexity index is 344. The van der Waals surface area contributed by atoms with Crippen LogP contribution >= 0.6 is 0 Å². The molecular weight excluding hydrogens is 228 g/mol. The Morgan fingerprint density at radius 2 is 2.22 bits per heavy atom. The van der Waals surface area contributed by atoms with E-state index in [2.05, 4.69) is 11.0 Å². The molecule has 1 atom stereocenters. The summed E-state index contributed by atoms with van der Waals surface area (Å²) >= 11 is 0. The molecule has 0 saturated heterocycles. The second-order valence-electron chi connectivity index (χ2n) is 4.58. The maximum Gasteiger partial charge on any atom is 0.120 e. The van der Waals surface area contributed by atoms with Crippen molar-refractivity contribution in [1.82, 2.24) is 0 Å². The van der Waals surface area contributed by atoms with Gasteiger partial charge >= 0.3 is 0 Å². The normalized spacial score (nSPS) is 12.2. The zero-order chi connectivity index (χ0) is 13.4. The standard InChI is InChI=1S/C14H24N2O2/c1-12(11-17)10-16(8-4-7-15)13-5-3-6-14(9-13)18-2/h3,5-6,9,12,17H,4,7-8,10-11,15H2,1-2H3. The summed E-state index contributed by atoms with van der Waals surface area (Å²) in [5, 5.41) is 9.18. The third-order valence-electron chi connectivity index (χ3n) is 2.89. The first kappa shape index (κ1) is 14.8. The Kier molecular flexibility index (Phi) is 6.54. The summed E-state index contributed by atoms with van der Waals surface area (Å²) in [6.45, 7) is 4.63. The number of nitrogens with zero attached hydrogens (tertiary/aromatic N) is 1. The Labute approximate surface area is 109 Å². The minimum atomic E-state index is 0.198. The van der Waals surface area contributed by atoms with Gasteiger partial charge < -0.3 is 20.5 Å². The molecule has 0 aliphatic carbocycles. The Hall–Kier alpha value is -1.26. The van der Waals surface area contributed by atoms with E-state index in [-0.39, 0.29) is 12.5 Å². The molecule has 3 N–H and O–H groups in total. The molecule has 0 aliphatic rings. The van der Waals surface area contributed by atoms with Crippen LogP contribution in [-0.4, -0.2) is 38.5 Å². The van der Waals surface area contributed by atoms with Gasteiger partial charge in [0.2, 0.25) is 0 Å². The highest BCUT2D eigenvalue weighted by Crippen LogP contribution is 2.22. The molecule has 4 heteroatoms. The van der Waals surface area contributed by atoms with Gasteiger partial charge in [-0.1, -0.05) is 13.0 Å². The van der Waals surface area contributed by atoms with Crippen LogP contribution in [0.4, 0.5) is 5.69 Å². The second kappa shape index (κ2) is 7.95. The molecule has 0 spiro atoms. The number of hydrogen-bond acceptors (Lipinski definition) is 4. The van der Waals surface area contributed by atoms with Gasteiger partial charge in [-0.2, -0.15) is 0 Å². The van der Waals surface area contributed by atoms with Crippen LogP contribution in [0.25, 0.3) is 0 Å². The van der Waals surface area contributed by atoms with Crippen LogP contribution in [0.1, 0.15) is 13.3 Å². The lowest BCUT2D eigenvalue weighted by Gasteiger charge is -2.27. The molecule has 0 saturated carbocycles. The number of aliphatic hydroxyl groups is 1. The van der Waals surface area contributed by atoms with Gasteiger partial charge in [-0.05, 0) is 31.0 Å². The number of benzene rings is 1. The van der Waals surface area contributed by atoms with Crippen LogP contribution < -0.4 is 15.4 Å². The lowest BCUT2D eigenvalue weighted by Crippen LogP contribution is -2.31. The van der Waals surface area contributed by atoms with E-state index in [1.807, 2.05) is 25.1 Å². The molecule has 0 amide bonds. The van der Waals surface area contributed by atoms with Gasteiger partial charge in [0.05, 0.1) is 7.11 Å². The molecule has 0 fully saturated rings. The highest BCUT2D eigenvalue weighted by Gasteiger charge is 2.11. The molecule has 4 nitrogen and oxygen atoms in total. The van der Waals surface area contributed by atoms with Crippen molar-refractivity contribution in [2.24, 2.45) is 11.7 Å². The number of methoxy groups -OCH3 is 1. The number of aliphatic hydroxyl groups excluding tert-OH is 1. The highest BCUT2D eigenvalue weighted by molar-refractivity contribution is 5.50. The van der Waals surface area contributed by atoms with Crippen molar-refractivity contribution in [3.8, 4) is 5.75 Å². The smallest absolute Gasteiger partial charge is 0.120 e. The van der Waals surface area contributed by atoms with E-state index < -0.39 is 0 Å². The van der Waals surface area contributed by atoms with E-state index in [1.165, 1.54) is 0 Å². The number of rotatable bonds is 8. The van der Waals surface area contributed by atoms with Gasteiger partial charge in [-0.15, -0.1) is 0 Å². The predicted octanol–water partition coefficient (Wildman–Crippen LogP) is 1.48. The quantitative estimate of drug-likeness (QED) is 0.736. The fourth-order valence-electron chi connectivity index (χ4n) is 1.85. The third-order valence-corrected chi connectivity index (χ3v) is 2.89. The molecule has 0 bridgehead atoms. The summed E-state index contributed by atoms with van der Waals surface area (Å²) in [4.78, 5) is 2.25. The first-order valence-corrected chi connectivity index (χ1v) is 6.41. The fraction of sp³-hybridized carbons (Fsp3) is 0.571. The molecule has 0 aromatic heterocycles. The molecule has 0 aliphatic heterocycles. The number of hydrogen-bond donors (Lipinski definition) is 2. The van der Waals surface area contributed by atoms with Crippen molar-refractivity contribution in [2.45, 2.75) is 13.3 Å². The fourth-order valence-corrected chi connectivity index (χ4v) is 1.85. The van der Waals surface area contributed by atoms with Gasteiger partial charge in [0.15, 0.2) is 0 Å². The maximum absolute atomic E-state index is 9.18. The van der Waals surface area contributed by atoms with E-state index in [9.17, 15) is 5.11 Å². The lowest BCUT2D eigenvalue weighted by molar-refractivity contribution is 0.239. The number of nitrogens with two attached hydrogens (primary N) is 1. The van der Waals surface area contributed by atoms with E-state index in [0.29, 0.717) is 6.54 Å². The molecule has 1 aromatic carbocycles. The van der Waals surface area contributed by atoms with E-state index >= 15 is 0 Å². The largest absolute Gasteiger partial charge is 0.497 e. The van der Waals surface area contributed by atoms with Crippen molar-refractivity contribution < 1.29 is 9.84 Å². The minimum Gasteiger partial charge on any atom is -0.497 e. The van der Waals surface area contributed by atoms with Crippen molar-refractivity contribution in [3.05, 3.63) is 24.3 Å². The molecule has 1 aromatic rings. The van der Waals surface area contributed by atoms with Gasteiger partial charge in [0, 0.05) is 31.5 Å². The first-order valence-electron chi connectivity index (χ1n) is 6.41. The zero-order valence-corrected chi connectivity index (χ0v) is 11.3. The monoisotopic (exact) mass is 252 g/mol. The molecule has 0 heterocycles. The number of ether oxygens (including phenoxy) is 1. The van der Waals surface area contributed by atoms with Crippen LogP contribution in [0.3, 0.4) is 0 Å². The summed E-state index contributed by atoms with van der Waals surface area (Å²) in [7, 11) is 1.67. The van der Waals surface area contributed by atoms with Gasteiger partial charge in [0.25, 0.3) is 0 Å². The summed E-state index contributed by atoms with van der Waals surface area (Å²) < 4.78 is 5.24. The summed E-state index contributed by atoms with van der Waals surface area (Å²) in [6, 6.07) is 7.98. The van der Waals surface area contributed by atoms with E-state index in [1.54, 1.807) is 7.11 Å². The van der Waals surface area contributed by atoms with Crippen LogP contribution in [0, 0.1) is 5.92 Å². The Morgan fingerprint density at radius 3 is 2.83 bits per heavy atom. The highest BCUT2D eigenvalue weighted by atomic mass is 16.5. The second-order valence-corrected chi connectivity index (χ2v) is 4.58. The average molecular weight is 252 g/mol. The summed E-state index contributed by atoms with van der Waals surface area (Å²) in [6.07, 6.45) is 0.940. The van der Waals surface area contributed by atoms with Crippen LogP contribution in [0.15, 0.2) is 24.3 Å².